The fourth-order valence-electron chi connectivity index (χ4n) is 1.11. The second kappa shape index (κ2) is 3.90. The maximum atomic E-state index is 4.20. The smallest absolute Gasteiger partial charge is 0.0632 e. The molecule has 0 saturated heterocycles. The molecule has 1 unspecified atom stereocenters. The molecule has 0 radical (unpaired) electrons. The molecule has 11 heavy (non-hydrogen) atoms. The third kappa shape index (κ3) is 2.33. The van der Waals surface area contributed by atoms with Crippen LogP contribution in [-0.2, 0) is 0 Å². The molecule has 3 heteroatoms. The van der Waals surface area contributed by atoms with Crippen LogP contribution in [0, 0.1) is 0 Å². The van der Waals surface area contributed by atoms with Gasteiger partial charge in [-0.3, -0.25) is 4.68 Å². The van der Waals surface area contributed by atoms with Gasteiger partial charge in [-0.05, 0) is 29.3 Å². The Morgan fingerprint density at radius 1 is 1.73 bits per heavy atom. The average molecular weight is 217 g/mol. The standard InChI is InChI=1S/C8H13BrN2/c1-3-4-7(2)11-6-8(9)5-10-11/h5-7H,3-4H2,1-2H3. The van der Waals surface area contributed by atoms with E-state index in [2.05, 4.69) is 34.9 Å². The summed E-state index contributed by atoms with van der Waals surface area (Å²) in [6.45, 7) is 4.37. The Hall–Kier alpha value is -0.310. The highest BCUT2D eigenvalue weighted by molar-refractivity contribution is 9.10. The lowest BCUT2D eigenvalue weighted by Gasteiger charge is -2.09. The topological polar surface area (TPSA) is 17.8 Å². The summed E-state index contributed by atoms with van der Waals surface area (Å²) in [5.41, 5.74) is 0. The van der Waals surface area contributed by atoms with Crippen LogP contribution in [0.3, 0.4) is 0 Å². The minimum absolute atomic E-state index is 0.520. The van der Waals surface area contributed by atoms with Crippen molar-refractivity contribution in [1.82, 2.24) is 9.78 Å². The van der Waals surface area contributed by atoms with E-state index >= 15 is 0 Å². The average Bonchev–Trinajstić information content (AvgIpc) is 2.36. The molecule has 0 aliphatic heterocycles. The fraction of sp³-hybridized carbons (Fsp3) is 0.625. The van der Waals surface area contributed by atoms with Gasteiger partial charge in [0.25, 0.3) is 0 Å². The molecule has 1 aromatic rings. The molecular formula is C8H13BrN2. The van der Waals surface area contributed by atoms with Gasteiger partial charge in [-0.2, -0.15) is 5.10 Å². The Balaban J connectivity index is 2.60. The van der Waals surface area contributed by atoms with Crippen molar-refractivity contribution < 1.29 is 0 Å². The highest BCUT2D eigenvalue weighted by Gasteiger charge is 2.03. The van der Waals surface area contributed by atoms with Crippen molar-refractivity contribution in [2.75, 3.05) is 0 Å². The minimum atomic E-state index is 0.520. The molecule has 0 spiro atoms. The first kappa shape index (κ1) is 8.78. The van der Waals surface area contributed by atoms with E-state index in [1.807, 2.05) is 17.1 Å². The second-order valence-electron chi connectivity index (χ2n) is 2.78. The van der Waals surface area contributed by atoms with Gasteiger partial charge in [-0.15, -0.1) is 0 Å². The zero-order valence-corrected chi connectivity index (χ0v) is 8.50. The van der Waals surface area contributed by atoms with E-state index in [9.17, 15) is 0 Å². The second-order valence-corrected chi connectivity index (χ2v) is 3.69. The summed E-state index contributed by atoms with van der Waals surface area (Å²) >= 11 is 3.37. The third-order valence-electron chi connectivity index (χ3n) is 1.73. The van der Waals surface area contributed by atoms with Gasteiger partial charge >= 0.3 is 0 Å². The van der Waals surface area contributed by atoms with E-state index in [-0.39, 0.29) is 0 Å². The van der Waals surface area contributed by atoms with E-state index in [0.717, 1.165) is 4.47 Å². The van der Waals surface area contributed by atoms with Crippen LogP contribution >= 0.6 is 15.9 Å². The molecule has 0 fully saturated rings. The summed E-state index contributed by atoms with van der Waals surface area (Å²) in [7, 11) is 0. The van der Waals surface area contributed by atoms with E-state index in [4.69, 9.17) is 0 Å². The summed E-state index contributed by atoms with van der Waals surface area (Å²) in [5.74, 6) is 0. The molecule has 1 rings (SSSR count). The number of hydrogen-bond donors (Lipinski definition) is 0. The zero-order chi connectivity index (χ0) is 8.27. The van der Waals surface area contributed by atoms with Crippen LogP contribution in [0.5, 0.6) is 0 Å². The van der Waals surface area contributed by atoms with Crippen LogP contribution in [-0.4, -0.2) is 9.78 Å². The molecule has 0 bridgehead atoms. The number of hydrogen-bond acceptors (Lipinski definition) is 1. The summed E-state index contributed by atoms with van der Waals surface area (Å²) in [6, 6.07) is 0.520. The summed E-state index contributed by atoms with van der Waals surface area (Å²) in [5, 5.41) is 4.20. The predicted molar refractivity (Wildman–Crippen MR) is 49.5 cm³/mol. The van der Waals surface area contributed by atoms with Crippen molar-refractivity contribution in [2.45, 2.75) is 32.7 Å². The highest BCUT2D eigenvalue weighted by Crippen LogP contribution is 2.14. The van der Waals surface area contributed by atoms with Gasteiger partial charge in [0.05, 0.1) is 10.7 Å². The normalized spacial score (nSPS) is 13.4. The van der Waals surface area contributed by atoms with Crippen LogP contribution < -0.4 is 0 Å². The van der Waals surface area contributed by atoms with E-state index < -0.39 is 0 Å². The Morgan fingerprint density at radius 2 is 2.45 bits per heavy atom. The van der Waals surface area contributed by atoms with Crippen molar-refractivity contribution in [3.05, 3.63) is 16.9 Å². The highest BCUT2D eigenvalue weighted by atomic mass is 79.9. The van der Waals surface area contributed by atoms with Gasteiger partial charge in [0.15, 0.2) is 0 Å². The first-order valence-corrected chi connectivity index (χ1v) is 4.73. The molecule has 0 saturated carbocycles. The SMILES string of the molecule is CCCC(C)n1cc(Br)cn1. The Labute approximate surface area is 75.7 Å². The van der Waals surface area contributed by atoms with E-state index in [1.165, 1.54) is 12.8 Å². The van der Waals surface area contributed by atoms with Crippen LogP contribution in [0.2, 0.25) is 0 Å². The van der Waals surface area contributed by atoms with Gasteiger partial charge in [0.1, 0.15) is 0 Å². The van der Waals surface area contributed by atoms with Crippen LogP contribution in [0.1, 0.15) is 32.7 Å². The lowest BCUT2D eigenvalue weighted by Crippen LogP contribution is -2.04. The maximum absolute atomic E-state index is 4.20. The lowest BCUT2D eigenvalue weighted by molar-refractivity contribution is 0.455. The molecule has 1 heterocycles. The van der Waals surface area contributed by atoms with Gasteiger partial charge in [-0.1, -0.05) is 13.3 Å². The summed E-state index contributed by atoms with van der Waals surface area (Å²) in [6.07, 6.45) is 6.24. The number of halogens is 1. The van der Waals surface area contributed by atoms with Gasteiger partial charge < -0.3 is 0 Å². The predicted octanol–water partition coefficient (Wildman–Crippen LogP) is 3.01. The fourth-order valence-corrected chi connectivity index (χ4v) is 1.41. The molecular weight excluding hydrogens is 204 g/mol. The Morgan fingerprint density at radius 3 is 2.91 bits per heavy atom. The molecule has 62 valence electrons. The number of nitrogens with zero attached hydrogens (tertiary/aromatic N) is 2. The molecule has 0 aliphatic rings. The monoisotopic (exact) mass is 216 g/mol. The van der Waals surface area contributed by atoms with E-state index in [1.54, 1.807) is 0 Å². The van der Waals surface area contributed by atoms with Crippen molar-refractivity contribution in [2.24, 2.45) is 0 Å². The molecule has 0 aromatic carbocycles. The first-order chi connectivity index (χ1) is 5.24. The van der Waals surface area contributed by atoms with Crippen LogP contribution in [0.15, 0.2) is 16.9 Å². The van der Waals surface area contributed by atoms with Crippen molar-refractivity contribution >= 4 is 15.9 Å². The Kier molecular flexibility index (Phi) is 3.12. The Bertz CT molecular complexity index is 220. The number of rotatable bonds is 3. The maximum Gasteiger partial charge on any atom is 0.0632 e. The van der Waals surface area contributed by atoms with Gasteiger partial charge in [-0.25, -0.2) is 0 Å². The van der Waals surface area contributed by atoms with Crippen LogP contribution in [0.25, 0.3) is 0 Å². The van der Waals surface area contributed by atoms with Crippen molar-refractivity contribution in [3.8, 4) is 0 Å². The molecule has 0 N–H and O–H groups in total. The van der Waals surface area contributed by atoms with Crippen LogP contribution in [0.4, 0.5) is 0 Å². The third-order valence-corrected chi connectivity index (χ3v) is 2.14. The van der Waals surface area contributed by atoms with Gasteiger partial charge in [0, 0.05) is 12.2 Å². The number of aromatic nitrogens is 2. The summed E-state index contributed by atoms with van der Waals surface area (Å²) < 4.78 is 3.05. The lowest BCUT2D eigenvalue weighted by atomic mass is 10.2. The molecule has 0 aliphatic carbocycles. The van der Waals surface area contributed by atoms with Crippen molar-refractivity contribution in [3.63, 3.8) is 0 Å². The largest absolute Gasteiger partial charge is 0.269 e. The molecule has 0 amide bonds. The summed E-state index contributed by atoms with van der Waals surface area (Å²) in [4.78, 5) is 0. The zero-order valence-electron chi connectivity index (χ0n) is 6.92. The molecule has 1 atom stereocenters. The minimum Gasteiger partial charge on any atom is -0.269 e. The van der Waals surface area contributed by atoms with E-state index in [0.29, 0.717) is 6.04 Å². The molecule has 1 aromatic heterocycles. The quantitative estimate of drug-likeness (QED) is 0.760. The van der Waals surface area contributed by atoms with Gasteiger partial charge in [0.2, 0.25) is 0 Å². The van der Waals surface area contributed by atoms with Crippen molar-refractivity contribution in [1.29, 1.82) is 0 Å². The molecule has 2 nitrogen and oxygen atoms in total. The first-order valence-electron chi connectivity index (χ1n) is 3.93.